The summed E-state index contributed by atoms with van der Waals surface area (Å²) >= 11 is 0. The van der Waals surface area contributed by atoms with E-state index in [2.05, 4.69) is 12.1 Å². The molecule has 0 aliphatic carbocycles. The Kier molecular flexibility index (Phi) is 3.71. The fraction of sp³-hybridized carbons (Fsp3) is 0.429. The molecule has 2 atom stereocenters. The van der Waals surface area contributed by atoms with Crippen molar-refractivity contribution in [3.63, 3.8) is 0 Å². The van der Waals surface area contributed by atoms with E-state index >= 15 is 0 Å². The molecule has 98 valence electrons. The Hall–Kier alpha value is -2.08. The second kappa shape index (κ2) is 5.27. The lowest BCUT2D eigenvalue weighted by Gasteiger charge is -2.23. The van der Waals surface area contributed by atoms with E-state index in [9.17, 15) is 15.6 Å². The first kappa shape index (κ1) is 13.4. The number of nitriles is 2. The van der Waals surface area contributed by atoms with Crippen molar-refractivity contribution in [2.24, 2.45) is 0 Å². The monoisotopic (exact) mass is 256 g/mol. The quantitative estimate of drug-likeness (QED) is 0.836. The van der Waals surface area contributed by atoms with E-state index in [0.29, 0.717) is 29.9 Å². The van der Waals surface area contributed by atoms with Crippen molar-refractivity contribution in [2.75, 3.05) is 32.1 Å². The molecule has 1 fully saturated rings. The Bertz CT molecular complexity index is 523. The van der Waals surface area contributed by atoms with E-state index in [1.807, 2.05) is 23.9 Å². The highest BCUT2D eigenvalue weighted by atomic mass is 16.3. The van der Waals surface area contributed by atoms with E-state index in [1.54, 1.807) is 18.2 Å². The maximum Gasteiger partial charge on any atom is 0.101 e. The van der Waals surface area contributed by atoms with E-state index < -0.39 is 6.10 Å². The fourth-order valence-corrected chi connectivity index (χ4v) is 2.52. The van der Waals surface area contributed by atoms with Crippen molar-refractivity contribution in [1.29, 1.82) is 10.5 Å². The summed E-state index contributed by atoms with van der Waals surface area (Å²) < 4.78 is 0. The minimum Gasteiger partial charge on any atom is -0.390 e. The predicted molar refractivity (Wildman–Crippen MR) is 71.6 cm³/mol. The summed E-state index contributed by atoms with van der Waals surface area (Å²) in [5.41, 5.74) is 1.59. The Morgan fingerprint density at radius 2 is 1.79 bits per heavy atom. The molecule has 0 spiro atoms. The van der Waals surface area contributed by atoms with Crippen LogP contribution in [-0.2, 0) is 0 Å². The lowest BCUT2D eigenvalue weighted by Crippen LogP contribution is -2.38. The van der Waals surface area contributed by atoms with Gasteiger partial charge in [0.15, 0.2) is 0 Å². The van der Waals surface area contributed by atoms with Gasteiger partial charge in [0, 0.05) is 13.1 Å². The summed E-state index contributed by atoms with van der Waals surface area (Å²) in [4.78, 5) is 3.89. The number of aliphatic hydroxyl groups excluding tert-OH is 1. The Morgan fingerprint density at radius 3 is 2.21 bits per heavy atom. The van der Waals surface area contributed by atoms with Crippen LogP contribution in [0.1, 0.15) is 11.1 Å². The van der Waals surface area contributed by atoms with Gasteiger partial charge in [0.1, 0.15) is 12.1 Å². The van der Waals surface area contributed by atoms with Crippen LogP contribution in [0.4, 0.5) is 5.69 Å². The third-order valence-corrected chi connectivity index (χ3v) is 3.52. The molecule has 0 saturated carbocycles. The largest absolute Gasteiger partial charge is 0.390 e. The second-order valence-corrected chi connectivity index (χ2v) is 4.93. The number of anilines is 1. The maximum atomic E-state index is 10.1. The highest BCUT2D eigenvalue weighted by Gasteiger charge is 2.34. The molecule has 1 saturated heterocycles. The number of benzene rings is 1. The van der Waals surface area contributed by atoms with E-state index in [0.717, 1.165) is 0 Å². The summed E-state index contributed by atoms with van der Waals surface area (Å²) in [6.45, 7) is 1.05. The van der Waals surface area contributed by atoms with Crippen LogP contribution in [-0.4, -0.2) is 49.3 Å². The maximum absolute atomic E-state index is 10.1. The molecule has 1 aliphatic heterocycles. The molecule has 0 bridgehead atoms. The molecule has 5 nitrogen and oxygen atoms in total. The van der Waals surface area contributed by atoms with Crippen molar-refractivity contribution in [3.8, 4) is 12.1 Å². The Balaban J connectivity index is 2.39. The molecule has 1 aromatic carbocycles. The summed E-state index contributed by atoms with van der Waals surface area (Å²) in [5.74, 6) is 0. The van der Waals surface area contributed by atoms with Crippen molar-refractivity contribution in [3.05, 3.63) is 29.3 Å². The molecular weight excluding hydrogens is 240 g/mol. The lowest BCUT2D eigenvalue weighted by molar-refractivity contribution is 0.114. The molecular formula is C14H16N4O. The van der Waals surface area contributed by atoms with Crippen molar-refractivity contribution >= 4 is 5.69 Å². The zero-order valence-corrected chi connectivity index (χ0v) is 11.0. The molecule has 0 aromatic heterocycles. The summed E-state index contributed by atoms with van der Waals surface area (Å²) in [7, 11) is 3.83. The number of para-hydroxylation sites is 1. The first-order valence-electron chi connectivity index (χ1n) is 6.11. The number of β-amino-alcohol motifs (C(OH)–C–C–N with tert-alkyl or cyclic N) is 1. The van der Waals surface area contributed by atoms with Crippen LogP contribution < -0.4 is 4.90 Å². The third kappa shape index (κ3) is 2.39. The summed E-state index contributed by atoms with van der Waals surface area (Å²) in [6.07, 6.45) is -0.478. The molecule has 2 rings (SSSR count). The lowest BCUT2D eigenvalue weighted by atomic mass is 10.1. The van der Waals surface area contributed by atoms with E-state index in [1.165, 1.54) is 0 Å². The van der Waals surface area contributed by atoms with Gasteiger partial charge in [0.25, 0.3) is 0 Å². The number of nitrogens with zero attached hydrogens (tertiary/aromatic N) is 4. The zero-order valence-electron chi connectivity index (χ0n) is 11.0. The minimum absolute atomic E-state index is 0.0123. The van der Waals surface area contributed by atoms with Gasteiger partial charge in [-0.3, -0.25) is 0 Å². The van der Waals surface area contributed by atoms with Crippen LogP contribution in [0.25, 0.3) is 0 Å². The molecule has 0 unspecified atom stereocenters. The molecule has 1 aliphatic rings. The number of likely N-dealkylation sites (N-methyl/N-ethyl adjacent to an activating group) is 1. The Labute approximate surface area is 112 Å². The van der Waals surface area contributed by atoms with Crippen LogP contribution in [0.15, 0.2) is 18.2 Å². The van der Waals surface area contributed by atoms with E-state index in [4.69, 9.17) is 0 Å². The third-order valence-electron chi connectivity index (χ3n) is 3.52. The van der Waals surface area contributed by atoms with Gasteiger partial charge in [-0.1, -0.05) is 6.07 Å². The minimum atomic E-state index is -0.478. The second-order valence-electron chi connectivity index (χ2n) is 4.93. The fourth-order valence-electron chi connectivity index (χ4n) is 2.52. The normalized spacial score (nSPS) is 22.3. The highest BCUT2D eigenvalue weighted by molar-refractivity contribution is 5.68. The van der Waals surface area contributed by atoms with Gasteiger partial charge in [-0.15, -0.1) is 0 Å². The van der Waals surface area contributed by atoms with Gasteiger partial charge in [0.2, 0.25) is 0 Å². The van der Waals surface area contributed by atoms with E-state index in [-0.39, 0.29) is 6.04 Å². The van der Waals surface area contributed by atoms with Crippen LogP contribution in [0, 0.1) is 22.7 Å². The van der Waals surface area contributed by atoms with Gasteiger partial charge >= 0.3 is 0 Å². The molecule has 1 N–H and O–H groups in total. The zero-order chi connectivity index (χ0) is 14.0. The van der Waals surface area contributed by atoms with Crippen molar-refractivity contribution < 1.29 is 5.11 Å². The SMILES string of the molecule is CN(C)[C@H]1CN(c2c(C#N)cccc2C#N)C[C@@H]1O. The number of aliphatic hydroxyl groups is 1. The predicted octanol–water partition coefficient (Wildman–Crippen LogP) is 0.541. The molecule has 1 heterocycles. The first-order chi connectivity index (χ1) is 9.08. The van der Waals surface area contributed by atoms with Gasteiger partial charge < -0.3 is 14.9 Å². The highest BCUT2D eigenvalue weighted by Crippen LogP contribution is 2.29. The average Bonchev–Trinajstić information content (AvgIpc) is 2.79. The van der Waals surface area contributed by atoms with Crippen LogP contribution in [0.5, 0.6) is 0 Å². The molecule has 5 heteroatoms. The molecule has 0 radical (unpaired) electrons. The number of hydrogen-bond donors (Lipinski definition) is 1. The first-order valence-corrected chi connectivity index (χ1v) is 6.11. The smallest absolute Gasteiger partial charge is 0.101 e. The van der Waals surface area contributed by atoms with Gasteiger partial charge in [-0.25, -0.2) is 0 Å². The van der Waals surface area contributed by atoms with Crippen LogP contribution in [0.3, 0.4) is 0 Å². The van der Waals surface area contributed by atoms with Crippen molar-refractivity contribution in [2.45, 2.75) is 12.1 Å². The topological polar surface area (TPSA) is 74.3 Å². The van der Waals surface area contributed by atoms with Gasteiger partial charge in [0.05, 0.1) is 29.0 Å². The summed E-state index contributed by atoms with van der Waals surface area (Å²) in [5, 5.41) is 28.4. The summed E-state index contributed by atoms with van der Waals surface area (Å²) in [6, 6.07) is 9.35. The van der Waals surface area contributed by atoms with Crippen LogP contribution in [0.2, 0.25) is 0 Å². The van der Waals surface area contributed by atoms with Crippen LogP contribution >= 0.6 is 0 Å². The average molecular weight is 256 g/mol. The molecule has 19 heavy (non-hydrogen) atoms. The standard InChI is InChI=1S/C14H16N4O/c1-17(2)12-8-18(9-13(12)19)14-10(6-15)4-3-5-11(14)7-16/h3-5,12-13,19H,8-9H2,1-2H3/t12-,13-/m0/s1. The number of rotatable bonds is 2. The van der Waals surface area contributed by atoms with Crippen molar-refractivity contribution in [1.82, 2.24) is 4.90 Å². The number of hydrogen-bond acceptors (Lipinski definition) is 5. The Morgan fingerprint density at radius 1 is 1.21 bits per heavy atom. The molecule has 0 amide bonds. The van der Waals surface area contributed by atoms with Gasteiger partial charge in [-0.2, -0.15) is 10.5 Å². The van der Waals surface area contributed by atoms with Gasteiger partial charge in [-0.05, 0) is 26.2 Å². The molecule has 1 aromatic rings.